The third kappa shape index (κ3) is 7.45. The van der Waals surface area contributed by atoms with Gasteiger partial charge in [-0.15, -0.1) is 0 Å². The fraction of sp³-hybridized carbons (Fsp3) is 0.583. The molecule has 0 aliphatic carbocycles. The molecule has 8 nitrogen and oxygen atoms in total. The van der Waals surface area contributed by atoms with Crippen LogP contribution in [-0.2, 0) is 24.2 Å². The van der Waals surface area contributed by atoms with Gasteiger partial charge in [-0.1, -0.05) is 6.08 Å². The maximum absolute atomic E-state index is 11.8. The van der Waals surface area contributed by atoms with Crippen molar-refractivity contribution in [3.8, 4) is 0 Å². The Morgan fingerprint density at radius 3 is 2.19 bits per heavy atom. The fourth-order valence-electron chi connectivity index (χ4n) is 1.26. The van der Waals surface area contributed by atoms with Gasteiger partial charge in [-0.05, 0) is 27.7 Å². The van der Waals surface area contributed by atoms with E-state index in [1.54, 1.807) is 20.8 Å². The normalized spacial score (nSPS) is 13.7. The Hall–Kier alpha value is -1.90. The topological polar surface area (TPSA) is 127 Å². The molecule has 120 valence electrons. The van der Waals surface area contributed by atoms with Gasteiger partial charge in [0.2, 0.25) is 9.84 Å². The number of rotatable bonds is 5. The van der Waals surface area contributed by atoms with Crippen molar-refractivity contribution in [2.75, 3.05) is 0 Å². The van der Waals surface area contributed by atoms with Gasteiger partial charge < -0.3 is 15.2 Å². The number of carbonyl (C=O) groups is 3. The number of hydrogen-bond acceptors (Lipinski definition) is 6. The van der Waals surface area contributed by atoms with Crippen molar-refractivity contribution in [3.05, 3.63) is 11.5 Å². The predicted molar refractivity (Wildman–Crippen MR) is 74.2 cm³/mol. The van der Waals surface area contributed by atoms with E-state index < -0.39 is 45.1 Å². The number of carboxylic acids is 1. The lowest BCUT2D eigenvalue weighted by Crippen LogP contribution is -2.46. The van der Waals surface area contributed by atoms with Crippen LogP contribution in [0.15, 0.2) is 11.5 Å². The van der Waals surface area contributed by atoms with Gasteiger partial charge in [0.25, 0.3) is 5.12 Å². The minimum Gasteiger partial charge on any atom is -0.481 e. The summed E-state index contributed by atoms with van der Waals surface area (Å²) >= 11 is 0. The maximum Gasteiger partial charge on any atom is 0.408 e. The third-order valence-electron chi connectivity index (χ3n) is 1.95. The van der Waals surface area contributed by atoms with Gasteiger partial charge in [0, 0.05) is 5.41 Å². The van der Waals surface area contributed by atoms with Crippen LogP contribution in [0.25, 0.3) is 0 Å². The Morgan fingerprint density at radius 2 is 1.81 bits per heavy atom. The highest BCUT2D eigenvalue weighted by atomic mass is 32.2. The Bertz CT molecular complexity index is 542. The molecule has 0 unspecified atom stereocenters. The number of alkyl carbamates (subject to hydrolysis) is 1. The summed E-state index contributed by atoms with van der Waals surface area (Å²) in [6.07, 6.45) is -0.814. The first-order valence-corrected chi connectivity index (χ1v) is 7.56. The van der Waals surface area contributed by atoms with E-state index in [0.717, 1.165) is 6.08 Å². The molecule has 0 aliphatic heterocycles. The molecular formula is C12H19NO7S. The van der Waals surface area contributed by atoms with Crippen LogP contribution in [0.5, 0.6) is 0 Å². The van der Waals surface area contributed by atoms with Crippen molar-refractivity contribution in [1.82, 2.24) is 5.32 Å². The number of allylic oxidation sites excluding steroid dienone is 1. The minimum absolute atomic E-state index is 0.640. The Balaban J connectivity index is 5.19. The average molecular weight is 321 g/mol. The summed E-state index contributed by atoms with van der Waals surface area (Å²) in [4.78, 5) is 34.1. The van der Waals surface area contributed by atoms with Crippen molar-refractivity contribution >= 4 is 27.0 Å². The van der Waals surface area contributed by atoms with Gasteiger partial charge in [-0.3, -0.25) is 9.59 Å². The summed E-state index contributed by atoms with van der Waals surface area (Å²) in [6.45, 7) is 6.09. The molecule has 0 saturated carbocycles. The quantitative estimate of drug-likeness (QED) is 0.767. The first kappa shape index (κ1) is 19.1. The predicted octanol–water partition coefficient (Wildman–Crippen LogP) is 0.829. The summed E-state index contributed by atoms with van der Waals surface area (Å²) in [7, 11) is -4.30. The summed E-state index contributed by atoms with van der Waals surface area (Å²) in [5.41, 5.74) is -0.872. The SMILES string of the molecule is CC=CS(=O)(=O)C(=O)[C@H](CC(=O)O)NC(=O)OC(C)(C)C. The van der Waals surface area contributed by atoms with E-state index in [-0.39, 0.29) is 0 Å². The first-order valence-electron chi connectivity index (χ1n) is 6.02. The molecule has 1 amide bonds. The van der Waals surface area contributed by atoms with Crippen molar-refractivity contribution in [2.45, 2.75) is 45.8 Å². The fourth-order valence-corrected chi connectivity index (χ4v) is 2.29. The van der Waals surface area contributed by atoms with Crippen LogP contribution < -0.4 is 5.32 Å². The van der Waals surface area contributed by atoms with Crippen LogP contribution in [0.2, 0.25) is 0 Å². The van der Waals surface area contributed by atoms with Gasteiger partial charge in [0.1, 0.15) is 11.6 Å². The third-order valence-corrected chi connectivity index (χ3v) is 3.43. The molecule has 9 heteroatoms. The number of hydrogen-bond donors (Lipinski definition) is 2. The number of sulfone groups is 1. The highest BCUT2D eigenvalue weighted by Gasteiger charge is 2.33. The van der Waals surface area contributed by atoms with Crippen LogP contribution in [0, 0.1) is 0 Å². The summed E-state index contributed by atoms with van der Waals surface area (Å²) in [5.74, 6) is -1.43. The zero-order valence-corrected chi connectivity index (χ0v) is 13.1. The molecular weight excluding hydrogens is 302 g/mol. The molecule has 0 aliphatic rings. The van der Waals surface area contributed by atoms with Crippen LogP contribution in [0.4, 0.5) is 4.79 Å². The lowest BCUT2D eigenvalue weighted by Gasteiger charge is -2.22. The molecule has 0 fully saturated rings. The zero-order chi connectivity index (χ0) is 16.8. The standard InChI is InChI=1S/C12H19NO7S/c1-5-6-21(18,19)10(16)8(7-9(14)15)13-11(17)20-12(2,3)4/h5-6,8H,7H2,1-4H3,(H,13,17)(H,14,15)/t8-/m0/s1. The highest BCUT2D eigenvalue weighted by Crippen LogP contribution is 2.09. The Labute approximate surface area is 123 Å². The molecule has 2 N–H and O–H groups in total. The summed E-state index contributed by atoms with van der Waals surface area (Å²) < 4.78 is 28.1. The van der Waals surface area contributed by atoms with E-state index in [1.165, 1.54) is 6.92 Å². The number of carboxylic acid groups (broad SMARTS) is 1. The molecule has 0 spiro atoms. The van der Waals surface area contributed by atoms with E-state index in [2.05, 4.69) is 0 Å². The summed E-state index contributed by atoms with van der Waals surface area (Å²) in [5, 5.41) is 9.91. The van der Waals surface area contributed by atoms with Gasteiger partial charge >= 0.3 is 12.1 Å². The first-order chi connectivity index (χ1) is 9.39. The average Bonchev–Trinajstić information content (AvgIpc) is 2.23. The van der Waals surface area contributed by atoms with Crippen LogP contribution in [0.1, 0.15) is 34.1 Å². The lowest BCUT2D eigenvalue weighted by molar-refractivity contribution is -0.138. The monoisotopic (exact) mass is 321 g/mol. The molecule has 0 bridgehead atoms. The van der Waals surface area contributed by atoms with Gasteiger partial charge in [0.15, 0.2) is 0 Å². The van der Waals surface area contributed by atoms with E-state index in [9.17, 15) is 22.8 Å². The van der Waals surface area contributed by atoms with Gasteiger partial charge in [0.05, 0.1) is 6.42 Å². The molecule has 0 saturated heterocycles. The zero-order valence-electron chi connectivity index (χ0n) is 12.2. The van der Waals surface area contributed by atoms with E-state index in [0.29, 0.717) is 5.41 Å². The number of aliphatic carboxylic acids is 1. The molecule has 0 aromatic carbocycles. The van der Waals surface area contributed by atoms with E-state index in [1.807, 2.05) is 5.32 Å². The van der Waals surface area contributed by atoms with Gasteiger partial charge in [-0.2, -0.15) is 0 Å². The van der Waals surface area contributed by atoms with Crippen molar-refractivity contribution in [3.63, 3.8) is 0 Å². The second-order valence-electron chi connectivity index (χ2n) is 5.13. The van der Waals surface area contributed by atoms with Crippen molar-refractivity contribution in [1.29, 1.82) is 0 Å². The van der Waals surface area contributed by atoms with Crippen LogP contribution in [0.3, 0.4) is 0 Å². The number of amides is 1. The van der Waals surface area contributed by atoms with Crippen LogP contribution >= 0.6 is 0 Å². The molecule has 0 rings (SSSR count). The van der Waals surface area contributed by atoms with Gasteiger partial charge in [-0.25, -0.2) is 13.2 Å². The molecule has 0 aromatic rings. The minimum atomic E-state index is -4.30. The Morgan fingerprint density at radius 1 is 1.29 bits per heavy atom. The smallest absolute Gasteiger partial charge is 0.408 e. The van der Waals surface area contributed by atoms with Crippen molar-refractivity contribution in [2.24, 2.45) is 0 Å². The number of ether oxygens (including phenoxy) is 1. The van der Waals surface area contributed by atoms with E-state index in [4.69, 9.17) is 9.84 Å². The number of carbonyl (C=O) groups excluding carboxylic acids is 2. The van der Waals surface area contributed by atoms with Crippen LogP contribution in [-0.4, -0.2) is 42.3 Å². The molecule has 0 radical (unpaired) electrons. The lowest BCUT2D eigenvalue weighted by atomic mass is 10.2. The second kappa shape index (κ2) is 7.21. The van der Waals surface area contributed by atoms with E-state index >= 15 is 0 Å². The van der Waals surface area contributed by atoms with Crippen molar-refractivity contribution < 1.29 is 32.6 Å². The molecule has 21 heavy (non-hydrogen) atoms. The molecule has 0 heterocycles. The Kier molecular flexibility index (Phi) is 6.55. The largest absolute Gasteiger partial charge is 0.481 e. The number of nitrogens with one attached hydrogen (secondary N) is 1. The summed E-state index contributed by atoms with van der Waals surface area (Å²) in [6, 6.07) is -1.72. The molecule has 0 aromatic heterocycles. The highest BCUT2D eigenvalue weighted by molar-refractivity contribution is 8.08. The second-order valence-corrected chi connectivity index (χ2v) is 6.89. The maximum atomic E-state index is 11.8. The molecule has 1 atom stereocenters.